The molecular formula is C16H18FNO. The van der Waals surface area contributed by atoms with Gasteiger partial charge >= 0.3 is 0 Å². The molecule has 19 heavy (non-hydrogen) atoms. The zero-order chi connectivity index (χ0) is 13.7. The van der Waals surface area contributed by atoms with Crippen LogP contribution in [0.2, 0.25) is 0 Å². The number of rotatable bonds is 5. The maximum atomic E-state index is 12.8. The van der Waals surface area contributed by atoms with Crippen molar-refractivity contribution in [3.05, 3.63) is 65.5 Å². The van der Waals surface area contributed by atoms with E-state index in [1.807, 2.05) is 19.2 Å². The maximum absolute atomic E-state index is 12.8. The van der Waals surface area contributed by atoms with Crippen LogP contribution in [-0.2, 0) is 0 Å². The Morgan fingerprint density at radius 3 is 2.42 bits per heavy atom. The number of nitrogens with one attached hydrogen (secondary N) is 1. The highest BCUT2D eigenvalue weighted by Gasteiger charge is 2.12. The van der Waals surface area contributed by atoms with Crippen molar-refractivity contribution in [3.63, 3.8) is 0 Å². The van der Waals surface area contributed by atoms with Crippen LogP contribution in [0.25, 0.3) is 0 Å². The molecule has 0 aliphatic heterocycles. The van der Waals surface area contributed by atoms with E-state index in [-0.39, 0.29) is 11.9 Å². The minimum absolute atomic E-state index is 0.117. The van der Waals surface area contributed by atoms with E-state index < -0.39 is 0 Å². The molecule has 0 heterocycles. The molecule has 0 bridgehead atoms. The fraction of sp³-hybridized carbons (Fsp3) is 0.250. The summed E-state index contributed by atoms with van der Waals surface area (Å²) >= 11 is 0. The Labute approximate surface area is 113 Å². The van der Waals surface area contributed by atoms with Crippen LogP contribution in [0, 0.1) is 12.7 Å². The fourth-order valence-electron chi connectivity index (χ4n) is 2.02. The first-order valence-electron chi connectivity index (χ1n) is 6.32. The molecule has 0 saturated carbocycles. The van der Waals surface area contributed by atoms with E-state index in [2.05, 4.69) is 24.4 Å². The van der Waals surface area contributed by atoms with E-state index >= 15 is 0 Å². The Hall–Kier alpha value is -1.87. The lowest BCUT2D eigenvalue weighted by Gasteiger charge is -2.19. The molecule has 1 unspecified atom stereocenters. The number of hydrogen-bond acceptors (Lipinski definition) is 2. The number of benzene rings is 2. The Bertz CT molecular complexity index is 525. The molecule has 0 fully saturated rings. The van der Waals surface area contributed by atoms with Crippen molar-refractivity contribution in [2.24, 2.45) is 0 Å². The van der Waals surface area contributed by atoms with Gasteiger partial charge in [0.25, 0.3) is 0 Å². The van der Waals surface area contributed by atoms with Crippen LogP contribution in [-0.4, -0.2) is 13.7 Å². The average molecular weight is 259 g/mol. The molecule has 0 aliphatic rings. The lowest BCUT2D eigenvalue weighted by molar-refractivity contribution is 0.272. The Kier molecular flexibility index (Phi) is 4.53. The molecule has 0 spiro atoms. The first-order valence-corrected chi connectivity index (χ1v) is 6.32. The molecule has 0 amide bonds. The largest absolute Gasteiger partial charge is 0.492 e. The Morgan fingerprint density at radius 1 is 1.11 bits per heavy atom. The van der Waals surface area contributed by atoms with E-state index in [4.69, 9.17) is 4.74 Å². The molecule has 2 nitrogen and oxygen atoms in total. The van der Waals surface area contributed by atoms with Crippen molar-refractivity contribution in [1.29, 1.82) is 0 Å². The van der Waals surface area contributed by atoms with Crippen molar-refractivity contribution >= 4 is 0 Å². The van der Waals surface area contributed by atoms with Crippen LogP contribution in [0.3, 0.4) is 0 Å². The summed E-state index contributed by atoms with van der Waals surface area (Å²) in [5.74, 6) is 0.423. The van der Waals surface area contributed by atoms with Crippen molar-refractivity contribution in [2.45, 2.75) is 13.0 Å². The molecule has 0 saturated heterocycles. The highest BCUT2D eigenvalue weighted by molar-refractivity contribution is 5.29. The molecule has 0 aliphatic carbocycles. The molecular weight excluding hydrogens is 241 g/mol. The monoisotopic (exact) mass is 259 g/mol. The molecule has 0 aromatic heterocycles. The summed E-state index contributed by atoms with van der Waals surface area (Å²) in [7, 11) is 1.91. The summed E-state index contributed by atoms with van der Waals surface area (Å²) < 4.78 is 18.5. The zero-order valence-corrected chi connectivity index (χ0v) is 11.2. The normalized spacial score (nSPS) is 12.2. The van der Waals surface area contributed by atoms with Crippen LogP contribution >= 0.6 is 0 Å². The molecule has 2 aromatic rings. The van der Waals surface area contributed by atoms with E-state index in [1.165, 1.54) is 23.3 Å². The third-order valence-corrected chi connectivity index (χ3v) is 3.14. The Balaban J connectivity index is 2.04. The molecule has 2 aromatic carbocycles. The SMILES string of the molecule is CNC(COc1ccc(F)cc1)c1ccccc1C. The number of ether oxygens (including phenoxy) is 1. The van der Waals surface area contributed by atoms with Crippen molar-refractivity contribution < 1.29 is 9.13 Å². The van der Waals surface area contributed by atoms with Crippen LogP contribution in [0.4, 0.5) is 4.39 Å². The van der Waals surface area contributed by atoms with Crippen LogP contribution in [0.1, 0.15) is 17.2 Å². The predicted molar refractivity (Wildman–Crippen MR) is 74.9 cm³/mol. The summed E-state index contributed by atoms with van der Waals surface area (Å²) in [6.45, 7) is 2.59. The zero-order valence-electron chi connectivity index (χ0n) is 11.2. The number of halogens is 1. The number of aryl methyl sites for hydroxylation is 1. The summed E-state index contributed by atoms with van der Waals surface area (Å²) in [5, 5.41) is 3.24. The van der Waals surface area contributed by atoms with Crippen LogP contribution in [0.5, 0.6) is 5.75 Å². The second-order valence-corrected chi connectivity index (χ2v) is 4.46. The second-order valence-electron chi connectivity index (χ2n) is 4.46. The number of hydrogen-bond donors (Lipinski definition) is 1. The molecule has 2 rings (SSSR count). The molecule has 1 atom stereocenters. The molecule has 1 N–H and O–H groups in total. The van der Waals surface area contributed by atoms with Gasteiger partial charge in [0, 0.05) is 0 Å². The predicted octanol–water partition coefficient (Wildman–Crippen LogP) is 3.47. The van der Waals surface area contributed by atoms with Gasteiger partial charge in [-0.25, -0.2) is 4.39 Å². The minimum Gasteiger partial charge on any atom is -0.492 e. The van der Waals surface area contributed by atoms with Crippen molar-refractivity contribution in [1.82, 2.24) is 5.32 Å². The van der Waals surface area contributed by atoms with Crippen LogP contribution in [0.15, 0.2) is 48.5 Å². The maximum Gasteiger partial charge on any atom is 0.123 e. The smallest absolute Gasteiger partial charge is 0.123 e. The van der Waals surface area contributed by atoms with Gasteiger partial charge < -0.3 is 10.1 Å². The highest BCUT2D eigenvalue weighted by Crippen LogP contribution is 2.19. The first-order chi connectivity index (χ1) is 9.20. The van der Waals surface area contributed by atoms with Crippen molar-refractivity contribution in [3.8, 4) is 5.75 Å². The van der Waals surface area contributed by atoms with Crippen molar-refractivity contribution in [2.75, 3.05) is 13.7 Å². The summed E-state index contributed by atoms with van der Waals surface area (Å²) in [6.07, 6.45) is 0. The standard InChI is InChI=1S/C16H18FNO/c1-12-5-3-4-6-15(12)16(18-2)11-19-14-9-7-13(17)8-10-14/h3-10,16,18H,11H2,1-2H3. The van der Waals surface area contributed by atoms with Gasteiger partial charge in [0.05, 0.1) is 6.04 Å². The average Bonchev–Trinajstić information content (AvgIpc) is 2.43. The highest BCUT2D eigenvalue weighted by atomic mass is 19.1. The summed E-state index contributed by atoms with van der Waals surface area (Å²) in [6, 6.07) is 14.4. The molecule has 100 valence electrons. The Morgan fingerprint density at radius 2 is 1.79 bits per heavy atom. The van der Waals surface area contributed by atoms with Crippen LogP contribution < -0.4 is 10.1 Å². The second kappa shape index (κ2) is 6.34. The van der Waals surface area contributed by atoms with Gasteiger partial charge in [-0.3, -0.25) is 0 Å². The molecule has 0 radical (unpaired) electrons. The van der Waals surface area contributed by atoms with Gasteiger partial charge in [-0.15, -0.1) is 0 Å². The quantitative estimate of drug-likeness (QED) is 0.887. The first kappa shape index (κ1) is 13.6. The van der Waals surface area contributed by atoms with Gasteiger partial charge in [0.15, 0.2) is 0 Å². The van der Waals surface area contributed by atoms with Gasteiger partial charge in [-0.05, 0) is 49.4 Å². The third kappa shape index (κ3) is 3.55. The van der Waals surface area contributed by atoms with Gasteiger partial charge in [0.2, 0.25) is 0 Å². The topological polar surface area (TPSA) is 21.3 Å². The van der Waals surface area contributed by atoms with E-state index in [0.717, 1.165) is 0 Å². The van der Waals surface area contributed by atoms with Gasteiger partial charge in [-0.2, -0.15) is 0 Å². The molecule has 3 heteroatoms. The lowest BCUT2D eigenvalue weighted by Crippen LogP contribution is -2.24. The third-order valence-electron chi connectivity index (χ3n) is 3.14. The summed E-state index contributed by atoms with van der Waals surface area (Å²) in [4.78, 5) is 0. The van der Waals surface area contributed by atoms with E-state index in [1.54, 1.807) is 12.1 Å². The van der Waals surface area contributed by atoms with E-state index in [0.29, 0.717) is 12.4 Å². The minimum atomic E-state index is -0.253. The fourth-order valence-corrected chi connectivity index (χ4v) is 2.02. The van der Waals surface area contributed by atoms with Gasteiger partial charge in [0.1, 0.15) is 18.2 Å². The van der Waals surface area contributed by atoms with Gasteiger partial charge in [-0.1, -0.05) is 24.3 Å². The van der Waals surface area contributed by atoms with E-state index in [9.17, 15) is 4.39 Å². The lowest BCUT2D eigenvalue weighted by atomic mass is 10.0. The number of likely N-dealkylation sites (N-methyl/N-ethyl adjacent to an activating group) is 1. The summed E-state index contributed by atoms with van der Waals surface area (Å²) in [5.41, 5.74) is 2.44.